The van der Waals surface area contributed by atoms with Gasteiger partial charge in [0.05, 0.1) is 4.88 Å². The second-order valence-corrected chi connectivity index (χ2v) is 14.1. The predicted molar refractivity (Wildman–Crippen MR) is 214 cm³/mol. The third-order valence-corrected chi connectivity index (χ3v) is 11.1. The van der Waals surface area contributed by atoms with Crippen LogP contribution in [0.4, 0.5) is 0 Å². The molecule has 238 valence electrons. The zero-order valence-corrected chi connectivity index (χ0v) is 29.4. The lowest BCUT2D eigenvalue weighted by Crippen LogP contribution is -1.93. The number of aryl methyl sites for hydroxylation is 1. The minimum absolute atomic E-state index is 0.858. The Morgan fingerprint density at radius 2 is 0.760 bits per heavy atom. The molecule has 7 aromatic rings. The van der Waals surface area contributed by atoms with Crippen molar-refractivity contribution in [3.63, 3.8) is 0 Å². The van der Waals surface area contributed by atoms with Gasteiger partial charge in [-0.2, -0.15) is 0 Å². The summed E-state index contributed by atoms with van der Waals surface area (Å²) in [5.74, 6) is 10.2. The molecule has 0 spiro atoms. The molecular formula is C49H36S. The Balaban J connectivity index is 1.31. The quantitative estimate of drug-likeness (QED) is 0.162. The molecule has 12 bridgehead atoms. The van der Waals surface area contributed by atoms with E-state index in [2.05, 4.69) is 172 Å². The third kappa shape index (κ3) is 5.77. The molecule has 1 heterocycles. The summed E-state index contributed by atoms with van der Waals surface area (Å²) >= 11 is 1.81. The fourth-order valence-corrected chi connectivity index (χ4v) is 8.43. The highest BCUT2D eigenvalue weighted by atomic mass is 32.1. The van der Waals surface area contributed by atoms with Crippen molar-refractivity contribution < 1.29 is 0 Å². The normalized spacial score (nSPS) is 11.1. The monoisotopic (exact) mass is 656 g/mol. The van der Waals surface area contributed by atoms with Gasteiger partial charge in [0, 0.05) is 16.0 Å². The fraction of sp³-hybridized carbons (Fsp3) is 0.102. The van der Waals surface area contributed by atoms with Crippen LogP contribution in [-0.2, 0) is 12.8 Å². The Labute approximate surface area is 300 Å². The van der Waals surface area contributed by atoms with Crippen molar-refractivity contribution in [3.05, 3.63) is 165 Å². The summed E-state index contributed by atoms with van der Waals surface area (Å²) in [6.07, 6.45) is 8.24. The summed E-state index contributed by atoms with van der Waals surface area (Å²) in [6, 6.07) is 48.4. The van der Waals surface area contributed by atoms with E-state index in [9.17, 15) is 0 Å². The maximum atomic E-state index is 6.23. The van der Waals surface area contributed by atoms with Crippen LogP contribution in [-0.4, -0.2) is 0 Å². The second-order valence-electron chi connectivity index (χ2n) is 12.9. The molecule has 0 saturated heterocycles. The molecule has 23 rings (SSSR count). The molecule has 0 nitrogen and oxygen atoms in total. The lowest BCUT2D eigenvalue weighted by atomic mass is 9.89. The van der Waals surface area contributed by atoms with Crippen LogP contribution in [0.2, 0.25) is 0 Å². The van der Waals surface area contributed by atoms with Crippen molar-refractivity contribution in [2.24, 2.45) is 0 Å². The first-order valence-electron chi connectivity index (χ1n) is 17.3. The van der Waals surface area contributed by atoms with Crippen LogP contribution in [0.15, 0.2) is 133 Å². The zero-order valence-electron chi connectivity index (χ0n) is 28.6. The van der Waals surface area contributed by atoms with E-state index in [-0.39, 0.29) is 0 Å². The number of thiophene rings is 1. The van der Waals surface area contributed by atoms with E-state index < -0.39 is 0 Å². The van der Waals surface area contributed by atoms with Crippen LogP contribution < -0.4 is 0 Å². The minimum Gasteiger partial charge on any atom is -0.131 e. The largest absolute Gasteiger partial charge is 0.131 e. The molecule has 0 N–H and O–H groups in total. The Bertz CT molecular complexity index is 2450. The van der Waals surface area contributed by atoms with Gasteiger partial charge in [0.15, 0.2) is 0 Å². The van der Waals surface area contributed by atoms with E-state index in [1.807, 2.05) is 11.3 Å². The number of terminal acetylenes is 1. The summed E-state index contributed by atoms with van der Waals surface area (Å²) in [4.78, 5) is 2.53. The topological polar surface area (TPSA) is 0 Å². The van der Waals surface area contributed by atoms with E-state index in [1.165, 1.54) is 65.4 Å². The van der Waals surface area contributed by atoms with Crippen LogP contribution >= 0.6 is 11.3 Å². The summed E-state index contributed by atoms with van der Waals surface area (Å²) in [7, 11) is 0. The Hall–Kier alpha value is -5.86. The molecule has 16 aliphatic carbocycles. The van der Waals surface area contributed by atoms with Crippen LogP contribution in [0, 0.1) is 31.1 Å². The molecule has 6 aromatic carbocycles. The summed E-state index contributed by atoms with van der Waals surface area (Å²) in [5, 5.41) is 0. The number of rotatable bonds is 2. The van der Waals surface area contributed by atoms with Crippen LogP contribution in [0.1, 0.15) is 45.9 Å². The van der Waals surface area contributed by atoms with Crippen molar-refractivity contribution in [1.82, 2.24) is 0 Å². The van der Waals surface area contributed by atoms with Gasteiger partial charge in [-0.15, -0.1) is 17.8 Å². The second kappa shape index (κ2) is 13.2. The van der Waals surface area contributed by atoms with Gasteiger partial charge < -0.3 is 0 Å². The van der Waals surface area contributed by atoms with Crippen LogP contribution in [0.5, 0.6) is 0 Å². The molecule has 0 radical (unpaired) electrons. The lowest BCUT2D eigenvalue weighted by Gasteiger charge is -2.14. The maximum absolute atomic E-state index is 6.23. The van der Waals surface area contributed by atoms with Crippen molar-refractivity contribution in [3.8, 4) is 90.9 Å². The van der Waals surface area contributed by atoms with Gasteiger partial charge in [-0.25, -0.2) is 0 Å². The van der Waals surface area contributed by atoms with Gasteiger partial charge >= 0.3 is 0 Å². The number of hydrogen-bond acceptors (Lipinski definition) is 1. The summed E-state index contributed by atoms with van der Waals surface area (Å²) < 4.78 is 0. The van der Waals surface area contributed by atoms with E-state index in [1.54, 1.807) is 0 Å². The fourth-order valence-electron chi connectivity index (χ4n) is 7.24. The van der Waals surface area contributed by atoms with Crippen molar-refractivity contribution in [1.29, 1.82) is 0 Å². The predicted octanol–water partition coefficient (Wildman–Crippen LogP) is 12.9. The highest BCUT2D eigenvalue weighted by Crippen LogP contribution is 2.36. The molecule has 1 heteroatoms. The van der Waals surface area contributed by atoms with Crippen molar-refractivity contribution in [2.45, 2.75) is 33.6 Å². The van der Waals surface area contributed by atoms with E-state index in [0.29, 0.717) is 0 Å². The average Bonchev–Trinajstić information content (AvgIpc) is 3.50. The highest BCUT2D eigenvalue weighted by molar-refractivity contribution is 7.12. The Morgan fingerprint density at radius 1 is 0.440 bits per heavy atom. The Morgan fingerprint density at radius 3 is 1.10 bits per heavy atom. The molecular weight excluding hydrogens is 621 g/mol. The lowest BCUT2D eigenvalue weighted by molar-refractivity contribution is 1.04. The molecule has 0 aliphatic heterocycles. The van der Waals surface area contributed by atoms with Gasteiger partial charge in [0.25, 0.3) is 0 Å². The van der Waals surface area contributed by atoms with Gasteiger partial charge in [0.1, 0.15) is 0 Å². The third-order valence-electron chi connectivity index (χ3n) is 10.0. The van der Waals surface area contributed by atoms with Crippen LogP contribution in [0.3, 0.4) is 0 Å². The van der Waals surface area contributed by atoms with Gasteiger partial charge in [-0.3, -0.25) is 0 Å². The van der Waals surface area contributed by atoms with E-state index in [4.69, 9.17) is 6.42 Å². The minimum atomic E-state index is 0.858. The first kappa shape index (κ1) is 31.4. The van der Waals surface area contributed by atoms with E-state index >= 15 is 0 Å². The molecule has 50 heavy (non-hydrogen) atoms. The van der Waals surface area contributed by atoms with Gasteiger partial charge in [0.2, 0.25) is 0 Å². The molecule has 0 amide bonds. The van der Waals surface area contributed by atoms with Crippen LogP contribution in [0.25, 0.3) is 66.8 Å². The first-order valence-corrected chi connectivity index (χ1v) is 18.1. The van der Waals surface area contributed by atoms with Crippen molar-refractivity contribution in [2.75, 3.05) is 0 Å². The summed E-state index contributed by atoms with van der Waals surface area (Å²) in [6.45, 7) is 6.69. The molecule has 16 aliphatic rings. The molecule has 0 unspecified atom stereocenters. The van der Waals surface area contributed by atoms with Gasteiger partial charge in [-0.1, -0.05) is 153 Å². The Kier molecular flexibility index (Phi) is 8.30. The highest BCUT2D eigenvalue weighted by Gasteiger charge is 2.15. The molecule has 0 saturated carbocycles. The zero-order chi connectivity index (χ0) is 34.2. The average molecular weight is 657 g/mol. The molecule has 0 atom stereocenters. The maximum Gasteiger partial charge on any atom is 0.0809 e. The number of benzene rings is 6. The molecule has 1 aromatic heterocycles. The van der Waals surface area contributed by atoms with Gasteiger partial charge in [-0.05, 0) is 110 Å². The first-order chi connectivity index (χ1) is 24.5. The molecule has 0 fully saturated rings. The number of hydrogen-bond donors (Lipinski definition) is 0. The smallest absolute Gasteiger partial charge is 0.0809 e. The van der Waals surface area contributed by atoms with Crippen molar-refractivity contribution >= 4 is 11.3 Å². The summed E-state index contributed by atoms with van der Waals surface area (Å²) in [5.41, 5.74) is 18.4. The standard InChI is InChI=1S/C49H36S/c1-5-33-30-48-43-26-22-41(23-27-43)39-18-14-37(15-19-39)35-10-8-34(9-11-35)36-12-16-38(17-13-36)40-20-24-42(25-21-40)47(33)31-44(48)28-29-49-46(7-3)45(6-2)32(4)50-49/h1,8-27,30-31H,6-7H2,2-4H3. The van der Waals surface area contributed by atoms with E-state index in [0.717, 1.165) is 46.2 Å². The SMILES string of the molecule is C#Cc1cc2c(C#Cc3sc(C)c(CC)c3CC)cc1-c1ccc(cc1)-c1ccc(cc1)-c1ccc(cc1)-c1ccc(cc1)-c1ccc-2cc1.